The van der Waals surface area contributed by atoms with Crippen LogP contribution in [0.25, 0.3) is 16.6 Å². The number of carbonyl (C=O) groups is 1. The Labute approximate surface area is 170 Å². The molecule has 0 aliphatic rings. The Kier molecular flexibility index (Phi) is 5.71. The number of fused-ring (bicyclic) bond motifs is 1. The number of aromatic nitrogens is 2. The van der Waals surface area contributed by atoms with Crippen LogP contribution in [0.5, 0.6) is 0 Å². The number of pyridine rings is 1. The molecule has 1 aromatic carbocycles. The highest BCUT2D eigenvalue weighted by molar-refractivity contribution is 9.18. The molecule has 0 amide bonds. The lowest BCUT2D eigenvalue weighted by molar-refractivity contribution is 0.101. The molecule has 3 rings (SSSR count). The van der Waals surface area contributed by atoms with E-state index >= 15 is 0 Å². The predicted molar refractivity (Wildman–Crippen MR) is 115 cm³/mol. The number of H-pyrrole nitrogens is 1. The van der Waals surface area contributed by atoms with Crippen LogP contribution in [0, 0.1) is 16.7 Å². The number of halogens is 1. The number of hydrogen-bond donors (Lipinski definition) is 3. The van der Waals surface area contributed by atoms with Crippen LogP contribution in [-0.4, -0.2) is 20.4 Å². The number of nitrogens with one attached hydrogen (secondary N) is 3. The van der Waals surface area contributed by atoms with Crippen LogP contribution in [-0.2, 0) is 6.42 Å². The van der Waals surface area contributed by atoms with Gasteiger partial charge in [-0.05, 0) is 65.2 Å². The zero-order valence-corrected chi connectivity index (χ0v) is 17.0. The molecule has 3 N–H and O–H groups in total. The maximum atomic E-state index is 12.0. The second kappa shape index (κ2) is 8.19. The fourth-order valence-electron chi connectivity index (χ4n) is 3.00. The first-order valence-electron chi connectivity index (χ1n) is 8.67. The van der Waals surface area contributed by atoms with Crippen molar-refractivity contribution in [2.75, 3.05) is 5.32 Å². The minimum Gasteiger partial charge on any atom is -0.353 e. The van der Waals surface area contributed by atoms with Crippen molar-refractivity contribution >= 4 is 48.8 Å². The molecule has 0 saturated heterocycles. The maximum absolute atomic E-state index is 12.0. The van der Waals surface area contributed by atoms with Gasteiger partial charge in [0.2, 0.25) is 0 Å². The molecular weight excluding hydrogens is 418 g/mol. The number of allylic oxidation sites excluding steroid dienone is 1. The number of hydrogen-bond acceptors (Lipinski definition) is 5. The summed E-state index contributed by atoms with van der Waals surface area (Å²) in [6.07, 6.45) is 4.14. The van der Waals surface area contributed by atoms with Gasteiger partial charge in [-0.1, -0.05) is 13.0 Å². The molecule has 0 atom stereocenters. The van der Waals surface area contributed by atoms with Gasteiger partial charge in [-0.15, -0.1) is 0 Å². The molecule has 3 aromatic rings. The van der Waals surface area contributed by atoms with E-state index in [4.69, 9.17) is 5.41 Å². The van der Waals surface area contributed by atoms with E-state index in [0.29, 0.717) is 33.9 Å². The maximum Gasteiger partial charge on any atom is 0.161 e. The molecule has 6 nitrogen and oxygen atoms in total. The van der Waals surface area contributed by atoms with Crippen LogP contribution in [0.4, 0.5) is 5.82 Å². The average molecular weight is 436 g/mol. The number of carbonyl (C=O) groups excluding carboxylic acids is 1. The molecular formula is C21H18BrN5O. The van der Waals surface area contributed by atoms with Crippen molar-refractivity contribution in [3.63, 3.8) is 0 Å². The zero-order valence-electron chi connectivity index (χ0n) is 15.4. The van der Waals surface area contributed by atoms with E-state index in [0.717, 1.165) is 17.4 Å². The molecule has 0 spiro atoms. The number of benzene rings is 1. The molecule has 0 unspecified atom stereocenters. The molecule has 0 aliphatic heterocycles. The summed E-state index contributed by atoms with van der Waals surface area (Å²) >= 11 is 3.16. The first-order valence-corrected chi connectivity index (χ1v) is 9.47. The van der Waals surface area contributed by atoms with Gasteiger partial charge in [0, 0.05) is 17.1 Å². The monoisotopic (exact) mass is 435 g/mol. The van der Waals surface area contributed by atoms with Gasteiger partial charge in [0.25, 0.3) is 0 Å². The summed E-state index contributed by atoms with van der Waals surface area (Å²) in [5.74, 6) is 0.577. The zero-order chi connectivity index (χ0) is 20.3. The van der Waals surface area contributed by atoms with Gasteiger partial charge in [-0.3, -0.25) is 10.2 Å². The predicted octanol–water partition coefficient (Wildman–Crippen LogP) is 5.02. The third kappa shape index (κ3) is 4.02. The molecule has 0 radical (unpaired) electrons. The second-order valence-electron chi connectivity index (χ2n) is 6.23. The van der Waals surface area contributed by atoms with E-state index < -0.39 is 0 Å². The summed E-state index contributed by atoms with van der Waals surface area (Å²) < 4.78 is 0.187. The number of nitrogens with zero attached hydrogens (tertiary/aromatic N) is 2. The van der Waals surface area contributed by atoms with Crippen molar-refractivity contribution in [2.24, 2.45) is 0 Å². The van der Waals surface area contributed by atoms with E-state index in [1.165, 1.54) is 6.92 Å². The Balaban J connectivity index is 2.15. The molecule has 0 bridgehead atoms. The number of aromatic amines is 1. The smallest absolute Gasteiger partial charge is 0.161 e. The molecule has 0 fully saturated rings. The molecule has 28 heavy (non-hydrogen) atoms. The van der Waals surface area contributed by atoms with E-state index in [1.807, 2.05) is 25.1 Å². The molecule has 0 saturated carbocycles. The number of Topliss-reactive ketones (excluding diaryl/α,β-unsaturated/α-hetero) is 1. The van der Waals surface area contributed by atoms with Gasteiger partial charge in [0.15, 0.2) is 5.78 Å². The van der Waals surface area contributed by atoms with E-state index in [1.54, 1.807) is 24.4 Å². The summed E-state index contributed by atoms with van der Waals surface area (Å²) in [6.45, 7) is 3.52. The summed E-state index contributed by atoms with van der Waals surface area (Å²) in [5.41, 5.74) is 3.89. The van der Waals surface area contributed by atoms with Crippen LogP contribution in [0.2, 0.25) is 0 Å². The largest absolute Gasteiger partial charge is 0.353 e. The summed E-state index contributed by atoms with van der Waals surface area (Å²) in [6, 6.07) is 11.1. The first-order chi connectivity index (χ1) is 13.4. The van der Waals surface area contributed by atoms with Crippen LogP contribution in [0.3, 0.4) is 0 Å². The number of ketones is 1. The van der Waals surface area contributed by atoms with E-state index in [-0.39, 0.29) is 10.4 Å². The van der Waals surface area contributed by atoms with Crippen molar-refractivity contribution in [1.82, 2.24) is 9.97 Å². The summed E-state index contributed by atoms with van der Waals surface area (Å²) in [4.78, 5) is 19.7. The highest BCUT2D eigenvalue weighted by atomic mass is 79.9. The average Bonchev–Trinajstić information content (AvgIpc) is 3.10. The minimum absolute atomic E-state index is 0.125. The Bertz CT molecular complexity index is 1150. The molecule has 0 aliphatic carbocycles. The normalized spacial score (nSPS) is 11.3. The van der Waals surface area contributed by atoms with Gasteiger partial charge >= 0.3 is 0 Å². The quantitative estimate of drug-likeness (QED) is 0.373. The van der Waals surface area contributed by atoms with Crippen molar-refractivity contribution in [1.29, 1.82) is 10.7 Å². The highest BCUT2D eigenvalue weighted by Gasteiger charge is 2.15. The molecule has 7 heteroatoms. The Morgan fingerprint density at radius 1 is 1.43 bits per heavy atom. The van der Waals surface area contributed by atoms with Gasteiger partial charge in [-0.2, -0.15) is 5.26 Å². The minimum atomic E-state index is -0.125. The number of nitriles is 1. The van der Waals surface area contributed by atoms with E-state index in [9.17, 15) is 10.1 Å². The lowest BCUT2D eigenvalue weighted by atomic mass is 10.0. The molecule has 140 valence electrons. The first kappa shape index (κ1) is 19.5. The van der Waals surface area contributed by atoms with Gasteiger partial charge < -0.3 is 10.3 Å². The van der Waals surface area contributed by atoms with Crippen molar-refractivity contribution in [3.05, 3.63) is 65.0 Å². The van der Waals surface area contributed by atoms with Gasteiger partial charge in [0.05, 0.1) is 33.2 Å². The van der Waals surface area contributed by atoms with Crippen LogP contribution in [0.1, 0.15) is 41.0 Å². The second-order valence-corrected chi connectivity index (χ2v) is 7.09. The van der Waals surface area contributed by atoms with Crippen molar-refractivity contribution in [3.8, 4) is 6.07 Å². The molecule has 2 heterocycles. The Morgan fingerprint density at radius 2 is 2.21 bits per heavy atom. The van der Waals surface area contributed by atoms with E-state index in [2.05, 4.69) is 37.3 Å². The number of aryl methyl sites for hydroxylation is 1. The number of rotatable bonds is 6. The summed E-state index contributed by atoms with van der Waals surface area (Å²) in [5, 5.41) is 21.1. The third-order valence-electron chi connectivity index (χ3n) is 4.32. The fourth-order valence-corrected chi connectivity index (χ4v) is 3.23. The van der Waals surface area contributed by atoms with Crippen LogP contribution in [0.15, 0.2) is 42.6 Å². The Morgan fingerprint density at radius 3 is 2.86 bits per heavy atom. The van der Waals surface area contributed by atoms with Crippen LogP contribution < -0.4 is 5.32 Å². The standard InChI is InChI=1S/C21H18BrN5O/c1-3-14-5-4-6-25-21(14)27-18(10-19(22)24)17-9-15-7-13(11-23)8-16(12(2)28)20(15)26-17/h4-10,24,26H,3H2,1-2H3,(H,25,27)/b18-10-,24-19?. The van der Waals surface area contributed by atoms with Gasteiger partial charge in [0.1, 0.15) is 5.82 Å². The fraction of sp³-hybridized carbons (Fsp3) is 0.143. The van der Waals surface area contributed by atoms with Gasteiger partial charge in [-0.25, -0.2) is 4.98 Å². The summed E-state index contributed by atoms with van der Waals surface area (Å²) in [7, 11) is 0. The van der Waals surface area contributed by atoms with Crippen LogP contribution >= 0.6 is 15.9 Å². The SMILES string of the molecule is CCc1cccnc1N/C(=C\C(=N)Br)c1cc2cc(C#N)cc(C(C)=O)c2[nH]1. The lowest BCUT2D eigenvalue weighted by Gasteiger charge is -2.12. The number of anilines is 1. The highest BCUT2D eigenvalue weighted by Crippen LogP contribution is 2.27. The third-order valence-corrected chi connectivity index (χ3v) is 4.55. The van der Waals surface area contributed by atoms with Crippen molar-refractivity contribution < 1.29 is 4.79 Å². The Hall–Kier alpha value is -3.24. The lowest BCUT2D eigenvalue weighted by Crippen LogP contribution is -2.05. The van der Waals surface area contributed by atoms with Crippen molar-refractivity contribution in [2.45, 2.75) is 20.3 Å². The topological polar surface area (TPSA) is 105 Å². The molecule has 2 aromatic heterocycles.